The molecule has 1 aliphatic heterocycles. The number of nitrogens with zero attached hydrogens (tertiary/aromatic N) is 1. The molecule has 3 heteroatoms. The largest absolute Gasteiger partial charge is 0.397 e. The summed E-state index contributed by atoms with van der Waals surface area (Å²) in [5.74, 6) is 0.813. The Hall–Kier alpha value is -2.55. The minimum atomic E-state index is 0.739. The van der Waals surface area contributed by atoms with Gasteiger partial charge in [-0.3, -0.25) is 0 Å². The maximum absolute atomic E-state index is 5.87. The first-order valence-corrected chi connectivity index (χ1v) is 5.73. The first kappa shape index (κ1) is 10.6. The Labute approximate surface area is 105 Å². The molecule has 0 atom stereocenters. The molecular weight excluding hydrogens is 224 g/mol. The Morgan fingerprint density at radius 3 is 2.50 bits per heavy atom. The van der Waals surface area contributed by atoms with Crippen LogP contribution in [0.5, 0.6) is 0 Å². The van der Waals surface area contributed by atoms with Crippen LogP contribution in [0, 0.1) is 6.72 Å². The number of hydrogen-bond donors (Lipinski definition) is 1. The Morgan fingerprint density at radius 1 is 1.06 bits per heavy atom. The molecule has 3 rings (SSSR count). The second-order valence-electron chi connectivity index (χ2n) is 4.03. The number of hydrogen-bond acceptors (Lipinski definition) is 2. The SMILES string of the molecule is C=[n+]1cc(-c2ccccc2)oc1=C1C=CNC=C1. The summed E-state index contributed by atoms with van der Waals surface area (Å²) in [4.78, 5) is 0. The van der Waals surface area contributed by atoms with Crippen molar-refractivity contribution in [2.45, 2.75) is 0 Å². The third-order valence-electron chi connectivity index (χ3n) is 2.76. The summed E-state index contributed by atoms with van der Waals surface area (Å²) in [5, 5.41) is 2.99. The number of dihydropyridines is 1. The highest BCUT2D eigenvalue weighted by Gasteiger charge is 2.11. The van der Waals surface area contributed by atoms with Crippen molar-refractivity contribution in [2.75, 3.05) is 0 Å². The van der Waals surface area contributed by atoms with Crippen LogP contribution in [-0.4, -0.2) is 0 Å². The fourth-order valence-corrected chi connectivity index (χ4v) is 1.88. The summed E-state index contributed by atoms with van der Waals surface area (Å²) in [6.45, 7) is 3.96. The molecule has 1 aliphatic rings. The highest BCUT2D eigenvalue weighted by atomic mass is 16.3. The molecule has 3 nitrogen and oxygen atoms in total. The van der Waals surface area contributed by atoms with Crippen molar-refractivity contribution < 1.29 is 8.66 Å². The molecule has 0 unspecified atom stereocenters. The van der Waals surface area contributed by atoms with Gasteiger partial charge < -0.3 is 9.73 Å². The van der Waals surface area contributed by atoms with E-state index >= 15 is 0 Å². The fraction of sp³-hybridized carbons (Fsp3) is 0. The molecule has 0 saturated carbocycles. The molecule has 2 aromatic rings. The van der Waals surface area contributed by atoms with Crippen LogP contribution >= 0.6 is 0 Å². The summed E-state index contributed by atoms with van der Waals surface area (Å²) < 4.78 is 7.62. The maximum atomic E-state index is 5.87. The summed E-state index contributed by atoms with van der Waals surface area (Å²) in [5.41, 5.74) is 2.78. The minimum absolute atomic E-state index is 0.739. The Kier molecular flexibility index (Phi) is 2.57. The lowest BCUT2D eigenvalue weighted by molar-refractivity contribution is -0.519. The number of allylic oxidation sites excluding steroid dienone is 2. The summed E-state index contributed by atoms with van der Waals surface area (Å²) in [6.07, 6.45) is 9.52. The van der Waals surface area contributed by atoms with Crippen LogP contribution < -0.4 is 15.1 Å². The maximum Gasteiger partial charge on any atom is 0.386 e. The molecule has 2 heterocycles. The van der Waals surface area contributed by atoms with Crippen LogP contribution in [0.1, 0.15) is 0 Å². The van der Waals surface area contributed by atoms with E-state index in [2.05, 4.69) is 12.0 Å². The molecule has 0 fully saturated rings. The van der Waals surface area contributed by atoms with E-state index in [0.29, 0.717) is 0 Å². The van der Waals surface area contributed by atoms with Crippen LogP contribution in [0.15, 0.2) is 65.5 Å². The molecule has 1 aromatic heterocycles. The van der Waals surface area contributed by atoms with E-state index < -0.39 is 0 Å². The highest BCUT2D eigenvalue weighted by Crippen LogP contribution is 2.15. The molecule has 0 saturated heterocycles. The predicted molar refractivity (Wildman–Crippen MR) is 69.5 cm³/mol. The summed E-state index contributed by atoms with van der Waals surface area (Å²) >= 11 is 0. The zero-order valence-electron chi connectivity index (χ0n) is 9.84. The van der Waals surface area contributed by atoms with E-state index in [9.17, 15) is 0 Å². The van der Waals surface area contributed by atoms with Crippen molar-refractivity contribution in [3.63, 3.8) is 0 Å². The molecule has 1 N–H and O–H groups in total. The van der Waals surface area contributed by atoms with Gasteiger partial charge in [-0.1, -0.05) is 30.3 Å². The van der Waals surface area contributed by atoms with Crippen molar-refractivity contribution >= 4 is 5.57 Å². The molecule has 0 radical (unpaired) electrons. The highest BCUT2D eigenvalue weighted by molar-refractivity contribution is 5.65. The van der Waals surface area contributed by atoms with Gasteiger partial charge in [0.1, 0.15) is 6.72 Å². The monoisotopic (exact) mass is 237 g/mol. The van der Waals surface area contributed by atoms with Crippen molar-refractivity contribution in [2.24, 2.45) is 0 Å². The predicted octanol–water partition coefficient (Wildman–Crippen LogP) is 1.66. The van der Waals surface area contributed by atoms with E-state index in [-0.39, 0.29) is 0 Å². The number of benzene rings is 1. The molecule has 18 heavy (non-hydrogen) atoms. The molecule has 0 aliphatic carbocycles. The van der Waals surface area contributed by atoms with E-state index in [4.69, 9.17) is 4.42 Å². The number of aromatic nitrogens is 1. The van der Waals surface area contributed by atoms with Gasteiger partial charge >= 0.3 is 5.55 Å². The average Bonchev–Trinajstić information content (AvgIpc) is 2.83. The average molecular weight is 237 g/mol. The Balaban J connectivity index is 2.18. The number of rotatable bonds is 1. The van der Waals surface area contributed by atoms with E-state index in [1.807, 2.05) is 61.1 Å². The Bertz CT molecular complexity index is 710. The van der Waals surface area contributed by atoms with Gasteiger partial charge in [0.15, 0.2) is 0 Å². The van der Waals surface area contributed by atoms with Crippen molar-refractivity contribution in [1.82, 2.24) is 5.32 Å². The van der Waals surface area contributed by atoms with Crippen molar-refractivity contribution in [3.05, 3.63) is 73.3 Å². The third-order valence-corrected chi connectivity index (χ3v) is 2.76. The second-order valence-corrected chi connectivity index (χ2v) is 4.03. The van der Waals surface area contributed by atoms with Crippen molar-refractivity contribution in [1.29, 1.82) is 0 Å². The van der Waals surface area contributed by atoms with Crippen LogP contribution in [0.25, 0.3) is 16.9 Å². The first-order chi connectivity index (χ1) is 8.84. The molecule has 0 amide bonds. The molecule has 0 bridgehead atoms. The van der Waals surface area contributed by atoms with E-state index in [1.54, 1.807) is 4.24 Å². The van der Waals surface area contributed by atoms with E-state index in [0.717, 1.165) is 22.4 Å². The molecule has 1 aromatic carbocycles. The van der Waals surface area contributed by atoms with Gasteiger partial charge in [-0.25, -0.2) is 0 Å². The summed E-state index contributed by atoms with van der Waals surface area (Å²) in [7, 11) is 0. The number of oxazole rings is 1. The third kappa shape index (κ3) is 1.86. The lowest BCUT2D eigenvalue weighted by Gasteiger charge is -1.96. The first-order valence-electron chi connectivity index (χ1n) is 5.73. The standard InChI is InChI=1S/C15H13N2O/c1-17-11-14(12-5-3-2-4-6-12)18-15(17)13-7-9-16-10-8-13/h2-11,16H,1H2/q+1. The smallest absolute Gasteiger partial charge is 0.386 e. The van der Waals surface area contributed by atoms with Crippen LogP contribution in [0.3, 0.4) is 0 Å². The van der Waals surface area contributed by atoms with Gasteiger partial charge in [-0.15, -0.1) is 4.24 Å². The van der Waals surface area contributed by atoms with Gasteiger partial charge in [0, 0.05) is 18.0 Å². The quantitative estimate of drug-likeness (QED) is 0.765. The van der Waals surface area contributed by atoms with Gasteiger partial charge in [0.2, 0.25) is 12.0 Å². The van der Waals surface area contributed by atoms with Crippen molar-refractivity contribution in [3.8, 4) is 11.3 Å². The molecule has 0 spiro atoms. The van der Waals surface area contributed by atoms with Gasteiger partial charge in [0.05, 0.1) is 5.57 Å². The number of nitrogens with one attached hydrogen (secondary N) is 1. The normalized spacial score (nSPS) is 13.7. The lowest BCUT2D eigenvalue weighted by atomic mass is 10.2. The topological polar surface area (TPSA) is 31.1 Å². The van der Waals surface area contributed by atoms with E-state index in [1.165, 1.54) is 0 Å². The van der Waals surface area contributed by atoms with Crippen LogP contribution in [0.4, 0.5) is 0 Å². The zero-order chi connectivity index (χ0) is 12.4. The zero-order valence-corrected chi connectivity index (χ0v) is 9.84. The fourth-order valence-electron chi connectivity index (χ4n) is 1.88. The van der Waals surface area contributed by atoms with Gasteiger partial charge in [0.25, 0.3) is 0 Å². The van der Waals surface area contributed by atoms with Gasteiger partial charge in [-0.05, 0) is 12.2 Å². The van der Waals surface area contributed by atoms with Gasteiger partial charge in [-0.2, -0.15) is 0 Å². The van der Waals surface area contributed by atoms with Crippen LogP contribution in [-0.2, 0) is 0 Å². The van der Waals surface area contributed by atoms with Crippen LogP contribution in [0.2, 0.25) is 0 Å². The molecule has 88 valence electrons. The second kappa shape index (κ2) is 4.37. The minimum Gasteiger partial charge on any atom is -0.397 e. The Morgan fingerprint density at radius 2 is 1.78 bits per heavy atom. The summed E-state index contributed by atoms with van der Waals surface area (Å²) in [6, 6.07) is 9.99. The lowest BCUT2D eigenvalue weighted by Crippen LogP contribution is -2.32. The molecular formula is C15H13N2O+.